The number of carboxylic acid groups (broad SMARTS) is 1. The van der Waals surface area contributed by atoms with E-state index in [-0.39, 0.29) is 12.2 Å². The SMILES string of the molecule is O=C(O)c1cccc(Br)c1OCc1cnoc1. The molecule has 1 heterocycles. The van der Waals surface area contributed by atoms with E-state index < -0.39 is 5.97 Å². The highest BCUT2D eigenvalue weighted by Crippen LogP contribution is 2.29. The number of ether oxygens (including phenoxy) is 1. The Labute approximate surface area is 105 Å². The minimum absolute atomic E-state index is 0.107. The minimum atomic E-state index is -1.04. The van der Waals surface area contributed by atoms with Crippen molar-refractivity contribution in [3.63, 3.8) is 0 Å². The predicted octanol–water partition coefficient (Wildman–Crippen LogP) is 2.71. The Hall–Kier alpha value is -1.82. The molecule has 0 aliphatic carbocycles. The summed E-state index contributed by atoms with van der Waals surface area (Å²) in [6.45, 7) is 0.201. The summed E-state index contributed by atoms with van der Waals surface area (Å²) in [7, 11) is 0. The Morgan fingerprint density at radius 3 is 3.00 bits per heavy atom. The zero-order valence-electron chi connectivity index (χ0n) is 8.59. The molecular weight excluding hydrogens is 290 g/mol. The third-order valence-corrected chi connectivity index (χ3v) is 2.69. The lowest BCUT2D eigenvalue weighted by Gasteiger charge is -2.09. The fourth-order valence-electron chi connectivity index (χ4n) is 1.28. The molecule has 5 nitrogen and oxygen atoms in total. The quantitative estimate of drug-likeness (QED) is 0.939. The van der Waals surface area contributed by atoms with Crippen LogP contribution in [0.4, 0.5) is 0 Å². The van der Waals surface area contributed by atoms with Crippen molar-refractivity contribution in [3.8, 4) is 5.75 Å². The van der Waals surface area contributed by atoms with E-state index in [2.05, 4.69) is 25.6 Å². The van der Waals surface area contributed by atoms with E-state index in [0.29, 0.717) is 10.2 Å². The van der Waals surface area contributed by atoms with Crippen LogP contribution < -0.4 is 4.74 Å². The minimum Gasteiger partial charge on any atom is -0.487 e. The summed E-state index contributed by atoms with van der Waals surface area (Å²) in [6, 6.07) is 4.84. The van der Waals surface area contributed by atoms with Gasteiger partial charge in [-0.2, -0.15) is 0 Å². The fraction of sp³-hybridized carbons (Fsp3) is 0.0909. The molecule has 17 heavy (non-hydrogen) atoms. The lowest BCUT2D eigenvalue weighted by molar-refractivity contribution is 0.0691. The maximum Gasteiger partial charge on any atom is 0.339 e. The van der Waals surface area contributed by atoms with Crippen LogP contribution in [0.2, 0.25) is 0 Å². The van der Waals surface area contributed by atoms with E-state index in [1.165, 1.54) is 18.5 Å². The molecule has 0 atom stereocenters. The number of benzene rings is 1. The summed E-state index contributed by atoms with van der Waals surface area (Å²) in [5, 5.41) is 12.5. The Morgan fingerprint density at radius 2 is 2.35 bits per heavy atom. The van der Waals surface area contributed by atoms with Crippen molar-refractivity contribution in [3.05, 3.63) is 46.3 Å². The zero-order chi connectivity index (χ0) is 12.3. The highest BCUT2D eigenvalue weighted by Gasteiger charge is 2.14. The Kier molecular flexibility index (Phi) is 3.43. The van der Waals surface area contributed by atoms with Crippen molar-refractivity contribution >= 4 is 21.9 Å². The van der Waals surface area contributed by atoms with Gasteiger partial charge in [0.25, 0.3) is 0 Å². The maximum absolute atomic E-state index is 11.0. The number of halogens is 1. The molecule has 1 N–H and O–H groups in total. The van der Waals surface area contributed by atoms with Crippen molar-refractivity contribution in [2.45, 2.75) is 6.61 Å². The molecule has 0 fully saturated rings. The van der Waals surface area contributed by atoms with Gasteiger partial charge in [-0.3, -0.25) is 0 Å². The van der Waals surface area contributed by atoms with E-state index in [1.807, 2.05) is 0 Å². The molecule has 0 radical (unpaired) electrons. The third kappa shape index (κ3) is 2.65. The van der Waals surface area contributed by atoms with Gasteiger partial charge in [-0.05, 0) is 28.1 Å². The second kappa shape index (κ2) is 5.01. The summed E-state index contributed by atoms with van der Waals surface area (Å²) in [5.41, 5.74) is 0.841. The van der Waals surface area contributed by atoms with Crippen LogP contribution >= 0.6 is 15.9 Å². The second-order valence-electron chi connectivity index (χ2n) is 3.24. The second-order valence-corrected chi connectivity index (χ2v) is 4.10. The lowest BCUT2D eigenvalue weighted by atomic mass is 10.2. The predicted molar refractivity (Wildman–Crippen MR) is 61.9 cm³/mol. The normalized spacial score (nSPS) is 10.2. The highest BCUT2D eigenvalue weighted by atomic mass is 79.9. The van der Waals surface area contributed by atoms with Gasteiger partial charge < -0.3 is 14.4 Å². The fourth-order valence-corrected chi connectivity index (χ4v) is 1.76. The van der Waals surface area contributed by atoms with Crippen LogP contribution in [0.1, 0.15) is 15.9 Å². The maximum atomic E-state index is 11.0. The average Bonchev–Trinajstić information content (AvgIpc) is 2.80. The third-order valence-electron chi connectivity index (χ3n) is 2.06. The number of carbonyl (C=O) groups is 1. The number of hydrogen-bond donors (Lipinski definition) is 1. The van der Waals surface area contributed by atoms with Crippen LogP contribution in [0.15, 0.2) is 39.7 Å². The molecule has 0 saturated heterocycles. The number of para-hydroxylation sites is 1. The van der Waals surface area contributed by atoms with Crippen molar-refractivity contribution in [1.82, 2.24) is 5.16 Å². The van der Waals surface area contributed by atoms with Crippen molar-refractivity contribution < 1.29 is 19.2 Å². The number of aromatic carboxylic acids is 1. The van der Waals surface area contributed by atoms with E-state index in [1.54, 1.807) is 12.1 Å². The molecule has 0 aliphatic heterocycles. The molecule has 2 aromatic rings. The van der Waals surface area contributed by atoms with Crippen LogP contribution in [-0.4, -0.2) is 16.2 Å². The van der Waals surface area contributed by atoms with Crippen LogP contribution in [0.5, 0.6) is 5.75 Å². The molecule has 0 spiro atoms. The lowest BCUT2D eigenvalue weighted by Crippen LogP contribution is -2.03. The van der Waals surface area contributed by atoms with Gasteiger partial charge in [0.2, 0.25) is 0 Å². The van der Waals surface area contributed by atoms with Crippen LogP contribution in [-0.2, 0) is 6.61 Å². The largest absolute Gasteiger partial charge is 0.487 e. The molecule has 0 bridgehead atoms. The number of carboxylic acids is 1. The number of rotatable bonds is 4. The smallest absolute Gasteiger partial charge is 0.339 e. The first kappa shape index (κ1) is 11.7. The summed E-state index contributed by atoms with van der Waals surface area (Å²) in [4.78, 5) is 11.0. The van der Waals surface area contributed by atoms with E-state index in [9.17, 15) is 4.79 Å². The summed E-state index contributed by atoms with van der Waals surface area (Å²) in [5.74, 6) is -0.743. The molecule has 0 saturated carbocycles. The van der Waals surface area contributed by atoms with Crippen LogP contribution in [0.3, 0.4) is 0 Å². The van der Waals surface area contributed by atoms with Gasteiger partial charge in [-0.25, -0.2) is 4.79 Å². The molecular formula is C11H8BrNO4. The molecule has 0 unspecified atom stereocenters. The van der Waals surface area contributed by atoms with Gasteiger partial charge >= 0.3 is 5.97 Å². The Bertz CT molecular complexity index is 524. The average molecular weight is 298 g/mol. The number of aromatic nitrogens is 1. The van der Waals surface area contributed by atoms with Gasteiger partial charge in [0, 0.05) is 5.56 Å². The van der Waals surface area contributed by atoms with E-state index in [4.69, 9.17) is 9.84 Å². The van der Waals surface area contributed by atoms with Crippen molar-refractivity contribution in [1.29, 1.82) is 0 Å². The van der Waals surface area contributed by atoms with Crippen LogP contribution in [0, 0.1) is 0 Å². The summed E-state index contributed by atoms with van der Waals surface area (Å²) < 4.78 is 10.7. The van der Waals surface area contributed by atoms with Gasteiger partial charge in [0.1, 0.15) is 24.2 Å². The van der Waals surface area contributed by atoms with Gasteiger partial charge in [-0.1, -0.05) is 11.2 Å². The van der Waals surface area contributed by atoms with Crippen molar-refractivity contribution in [2.75, 3.05) is 0 Å². The zero-order valence-corrected chi connectivity index (χ0v) is 10.2. The van der Waals surface area contributed by atoms with E-state index >= 15 is 0 Å². The highest BCUT2D eigenvalue weighted by molar-refractivity contribution is 9.10. The summed E-state index contributed by atoms with van der Waals surface area (Å²) >= 11 is 3.25. The van der Waals surface area contributed by atoms with Gasteiger partial charge in [0.15, 0.2) is 0 Å². The van der Waals surface area contributed by atoms with E-state index in [0.717, 1.165) is 5.56 Å². The van der Waals surface area contributed by atoms with Crippen LogP contribution in [0.25, 0.3) is 0 Å². The Balaban J connectivity index is 2.22. The van der Waals surface area contributed by atoms with Crippen molar-refractivity contribution in [2.24, 2.45) is 0 Å². The molecule has 1 aromatic heterocycles. The standard InChI is InChI=1S/C11H8BrNO4/c12-9-3-1-2-8(11(14)15)10(9)16-5-7-4-13-17-6-7/h1-4,6H,5H2,(H,14,15). The molecule has 0 amide bonds. The Morgan fingerprint density at radius 1 is 1.53 bits per heavy atom. The van der Waals surface area contributed by atoms with Gasteiger partial charge in [0.05, 0.1) is 10.7 Å². The topological polar surface area (TPSA) is 72.6 Å². The molecule has 1 aromatic carbocycles. The molecule has 6 heteroatoms. The first-order valence-corrected chi connectivity index (χ1v) is 5.50. The molecule has 2 rings (SSSR count). The molecule has 88 valence electrons. The molecule has 0 aliphatic rings. The summed E-state index contributed by atoms with van der Waals surface area (Å²) in [6.07, 6.45) is 2.95. The number of hydrogen-bond acceptors (Lipinski definition) is 4. The first-order valence-electron chi connectivity index (χ1n) is 4.71. The number of nitrogens with zero attached hydrogens (tertiary/aromatic N) is 1. The van der Waals surface area contributed by atoms with Gasteiger partial charge in [-0.15, -0.1) is 0 Å². The monoisotopic (exact) mass is 297 g/mol. The first-order chi connectivity index (χ1) is 8.18.